The predicted octanol–water partition coefficient (Wildman–Crippen LogP) is 6.73. The maximum Gasteiger partial charge on any atom is 0.416 e. The van der Waals surface area contributed by atoms with Gasteiger partial charge >= 0.3 is 6.18 Å². The van der Waals surface area contributed by atoms with Gasteiger partial charge in [0.2, 0.25) is 17.7 Å². The monoisotopic (exact) mass is 598 g/mol. The maximum absolute atomic E-state index is 13.7. The zero-order valence-electron chi connectivity index (χ0n) is 23.2. The minimum atomic E-state index is -4.61. The Morgan fingerprint density at radius 1 is 1.14 bits per heavy atom. The number of rotatable bonds is 8. The molecule has 1 fully saturated rings. The van der Waals surface area contributed by atoms with Gasteiger partial charge in [-0.3, -0.25) is 14.5 Å². The van der Waals surface area contributed by atoms with Crippen molar-refractivity contribution in [2.45, 2.75) is 51.7 Å². The average molecular weight is 599 g/mol. The fraction of sp³-hybridized carbons (Fsp3) is 0.345. The maximum atomic E-state index is 13.7. The molecule has 220 valence electrons. The highest BCUT2D eigenvalue weighted by atomic mass is 32.1. The van der Waals surface area contributed by atoms with Crippen molar-refractivity contribution < 1.29 is 27.5 Å². The first kappa shape index (κ1) is 29.4. The Hall–Kier alpha value is -4.10. The molecule has 4 aromatic rings. The number of hydrogen-bond donors (Lipinski definition) is 2. The second kappa shape index (κ2) is 11.6. The van der Waals surface area contributed by atoms with Gasteiger partial charge in [-0.25, -0.2) is 15.0 Å². The zero-order chi connectivity index (χ0) is 30.1. The number of halogens is 3. The number of carbonyl (C=O) groups is 2. The number of fused-ring (bicyclic) bond motifs is 1. The lowest BCUT2D eigenvalue weighted by Gasteiger charge is -2.34. The Labute approximate surface area is 244 Å². The van der Waals surface area contributed by atoms with Crippen LogP contribution in [-0.2, 0) is 15.8 Å². The molecule has 42 heavy (non-hydrogen) atoms. The molecule has 2 N–H and O–H groups in total. The van der Waals surface area contributed by atoms with Crippen LogP contribution in [0.4, 0.5) is 24.0 Å². The Kier molecular flexibility index (Phi) is 8.15. The Morgan fingerprint density at radius 2 is 1.95 bits per heavy atom. The first-order chi connectivity index (χ1) is 20.0. The van der Waals surface area contributed by atoms with Gasteiger partial charge in [-0.05, 0) is 63.5 Å². The number of carbonyl (C=O) groups excluding carboxylic acids is 2. The molecule has 1 aliphatic rings. The van der Waals surface area contributed by atoms with E-state index >= 15 is 0 Å². The molecule has 2 aromatic carbocycles. The van der Waals surface area contributed by atoms with Crippen LogP contribution in [0.1, 0.15) is 45.6 Å². The number of likely N-dealkylation sites (tertiary alicyclic amines) is 1. The van der Waals surface area contributed by atoms with Gasteiger partial charge in [0.15, 0.2) is 10.9 Å². The van der Waals surface area contributed by atoms with Crippen molar-refractivity contribution in [3.05, 3.63) is 54.4 Å². The lowest BCUT2D eigenvalue weighted by molar-refractivity contribution is -0.137. The van der Waals surface area contributed by atoms with Crippen molar-refractivity contribution in [3.8, 4) is 22.9 Å². The third kappa shape index (κ3) is 6.07. The van der Waals surface area contributed by atoms with E-state index in [1.54, 1.807) is 12.1 Å². The summed E-state index contributed by atoms with van der Waals surface area (Å²) in [5.74, 6) is -0.132. The molecular weight excluding hydrogens is 569 g/mol. The summed E-state index contributed by atoms with van der Waals surface area (Å²) >= 11 is 1.28. The van der Waals surface area contributed by atoms with Gasteiger partial charge in [0, 0.05) is 18.6 Å². The molecule has 2 amide bonds. The lowest BCUT2D eigenvalue weighted by atomic mass is 9.96. The molecule has 0 bridgehead atoms. The second-order valence-corrected chi connectivity index (χ2v) is 11.3. The summed E-state index contributed by atoms with van der Waals surface area (Å²) in [6.07, 6.45) is -1.09. The number of nitrogens with zero attached hydrogens (tertiary/aromatic N) is 4. The van der Waals surface area contributed by atoms with E-state index < -0.39 is 17.3 Å². The highest BCUT2D eigenvalue weighted by molar-refractivity contribution is 7.22. The third-order valence-electron chi connectivity index (χ3n) is 7.16. The number of thiazole rings is 1. The summed E-state index contributed by atoms with van der Waals surface area (Å²) in [5, 5.41) is 5.85. The molecule has 0 aliphatic carbocycles. The van der Waals surface area contributed by atoms with Crippen LogP contribution < -0.4 is 15.4 Å². The Balaban J connectivity index is 1.48. The Morgan fingerprint density at radius 3 is 2.69 bits per heavy atom. The van der Waals surface area contributed by atoms with E-state index in [4.69, 9.17) is 4.74 Å². The second-order valence-electron chi connectivity index (χ2n) is 10.2. The largest absolute Gasteiger partial charge is 0.437 e. The molecular formula is C29H29F3N6O3S. The van der Waals surface area contributed by atoms with Gasteiger partial charge in [0.25, 0.3) is 0 Å². The van der Waals surface area contributed by atoms with Gasteiger partial charge in [-0.1, -0.05) is 30.4 Å². The molecule has 2 aromatic heterocycles. The normalized spacial score (nSPS) is 17.4. The van der Waals surface area contributed by atoms with Crippen LogP contribution in [0, 0.1) is 0 Å². The number of para-hydroxylation sites is 1. The number of aromatic nitrogens is 3. The van der Waals surface area contributed by atoms with E-state index in [0.29, 0.717) is 29.4 Å². The van der Waals surface area contributed by atoms with E-state index in [2.05, 4.69) is 30.5 Å². The summed E-state index contributed by atoms with van der Waals surface area (Å²) in [4.78, 5) is 40.0. The number of amides is 2. The highest BCUT2D eigenvalue weighted by Gasteiger charge is 2.43. The molecule has 3 heterocycles. The van der Waals surface area contributed by atoms with Crippen LogP contribution in [0.2, 0.25) is 0 Å². The van der Waals surface area contributed by atoms with E-state index in [1.807, 2.05) is 19.9 Å². The van der Waals surface area contributed by atoms with Crippen molar-refractivity contribution >= 4 is 44.2 Å². The fourth-order valence-electron chi connectivity index (χ4n) is 5.07. The van der Waals surface area contributed by atoms with E-state index in [1.165, 1.54) is 36.7 Å². The number of ether oxygens (including phenoxy) is 1. The molecule has 13 heteroatoms. The molecule has 0 saturated carbocycles. The fourth-order valence-corrected chi connectivity index (χ4v) is 6.00. The van der Waals surface area contributed by atoms with E-state index in [0.717, 1.165) is 36.2 Å². The van der Waals surface area contributed by atoms with Gasteiger partial charge in [0.05, 0.1) is 27.2 Å². The summed E-state index contributed by atoms with van der Waals surface area (Å²) < 4.78 is 47.9. The molecule has 0 unspecified atom stereocenters. The molecule has 1 atom stereocenters. The van der Waals surface area contributed by atoms with Crippen LogP contribution in [0.15, 0.2) is 48.8 Å². The first-order valence-corrected chi connectivity index (χ1v) is 14.2. The molecule has 9 nitrogen and oxygen atoms in total. The minimum absolute atomic E-state index is 0.00870. The van der Waals surface area contributed by atoms with Gasteiger partial charge in [0.1, 0.15) is 11.8 Å². The van der Waals surface area contributed by atoms with Crippen molar-refractivity contribution in [1.29, 1.82) is 0 Å². The topological polar surface area (TPSA) is 109 Å². The van der Waals surface area contributed by atoms with Gasteiger partial charge < -0.3 is 15.4 Å². The number of anilines is 2. The summed E-state index contributed by atoms with van der Waals surface area (Å²) in [5.41, 5.74) is -0.688. The minimum Gasteiger partial charge on any atom is -0.437 e. The van der Waals surface area contributed by atoms with Crippen LogP contribution in [0.5, 0.6) is 11.6 Å². The number of alkyl halides is 3. The standard InChI is InChI=1S/C29H29F3N6O3S/c1-4-12-38-13-6-11-28(38,3)26(40)36-21-14-18(29(30,31)32)9-10-19(21)20-15-24(34-16-33-20)41-22-7-5-8-23-25(22)37-27(42-23)35-17(2)39/h5,7-10,14-16H,4,6,11-13H2,1-3H3,(H,36,40)(H,35,37,39)/t28-/m0/s1. The van der Waals surface area contributed by atoms with Crippen LogP contribution >= 0.6 is 11.3 Å². The highest BCUT2D eigenvalue weighted by Crippen LogP contribution is 2.39. The van der Waals surface area contributed by atoms with Crippen molar-refractivity contribution in [2.24, 2.45) is 0 Å². The zero-order valence-corrected chi connectivity index (χ0v) is 24.0. The number of benzene rings is 2. The predicted molar refractivity (Wildman–Crippen MR) is 155 cm³/mol. The van der Waals surface area contributed by atoms with Crippen molar-refractivity contribution in [2.75, 3.05) is 23.7 Å². The van der Waals surface area contributed by atoms with E-state index in [9.17, 15) is 22.8 Å². The van der Waals surface area contributed by atoms with Gasteiger partial charge in [-0.15, -0.1) is 0 Å². The summed E-state index contributed by atoms with van der Waals surface area (Å²) in [6.45, 7) is 6.69. The quantitative estimate of drug-likeness (QED) is 0.232. The Bertz CT molecular complexity index is 1640. The summed E-state index contributed by atoms with van der Waals surface area (Å²) in [6, 6.07) is 9.94. The molecule has 1 saturated heterocycles. The number of hydrogen-bond acceptors (Lipinski definition) is 8. The number of nitrogens with one attached hydrogen (secondary N) is 2. The molecule has 5 rings (SSSR count). The van der Waals surface area contributed by atoms with Crippen LogP contribution in [-0.4, -0.2) is 50.3 Å². The van der Waals surface area contributed by atoms with Crippen molar-refractivity contribution in [1.82, 2.24) is 19.9 Å². The van der Waals surface area contributed by atoms with Crippen LogP contribution in [0.3, 0.4) is 0 Å². The average Bonchev–Trinajstić information content (AvgIpc) is 3.52. The SMILES string of the molecule is CCCN1CCC[C@@]1(C)C(=O)Nc1cc(C(F)(F)F)ccc1-c1cc(Oc2cccc3sc(NC(C)=O)nc23)ncn1. The third-order valence-corrected chi connectivity index (χ3v) is 8.10. The van der Waals surface area contributed by atoms with Crippen LogP contribution in [0.25, 0.3) is 21.5 Å². The lowest BCUT2D eigenvalue weighted by Crippen LogP contribution is -2.51. The first-order valence-electron chi connectivity index (χ1n) is 13.4. The summed E-state index contributed by atoms with van der Waals surface area (Å²) in [7, 11) is 0. The van der Waals surface area contributed by atoms with Crippen molar-refractivity contribution in [3.63, 3.8) is 0 Å². The molecule has 0 spiro atoms. The molecule has 0 radical (unpaired) electrons. The molecule has 1 aliphatic heterocycles. The van der Waals surface area contributed by atoms with E-state index in [-0.39, 0.29) is 34.6 Å². The smallest absolute Gasteiger partial charge is 0.416 e. The van der Waals surface area contributed by atoms with Gasteiger partial charge in [-0.2, -0.15) is 13.2 Å².